The van der Waals surface area contributed by atoms with E-state index >= 15 is 0 Å². The summed E-state index contributed by atoms with van der Waals surface area (Å²) in [4.78, 5) is 25.2. The van der Waals surface area contributed by atoms with E-state index in [1.165, 1.54) is 39.0 Å². The monoisotopic (exact) mass is 630 g/mol. The van der Waals surface area contributed by atoms with Gasteiger partial charge in [0.1, 0.15) is 0 Å². The molecule has 0 aromatic heterocycles. The summed E-state index contributed by atoms with van der Waals surface area (Å²) in [6, 6.07) is 0. The highest BCUT2D eigenvalue weighted by Crippen LogP contribution is 2.77. The smallest absolute Gasteiger partial charge is 0.226 e. The van der Waals surface area contributed by atoms with Crippen molar-refractivity contribution in [3.05, 3.63) is 0 Å². The molecule has 5 aliphatic carbocycles. The van der Waals surface area contributed by atoms with E-state index in [0.29, 0.717) is 75.0 Å². The molecule has 3 unspecified atom stereocenters. The Bertz CT molecular complexity index is 1080. The van der Waals surface area contributed by atoms with Gasteiger partial charge in [0, 0.05) is 20.0 Å². The summed E-state index contributed by atoms with van der Waals surface area (Å²) < 4.78 is 11.3. The minimum Gasteiger partial charge on any atom is -0.393 e. The van der Waals surface area contributed by atoms with Crippen LogP contribution < -0.4 is 10.6 Å². The number of rotatable bonds is 11. The van der Waals surface area contributed by atoms with Gasteiger partial charge in [0.2, 0.25) is 11.8 Å². The number of amides is 2. The van der Waals surface area contributed by atoms with Crippen LogP contribution in [0.4, 0.5) is 0 Å². The normalized spacial score (nSPS) is 43.5. The largest absolute Gasteiger partial charge is 0.393 e. The van der Waals surface area contributed by atoms with Gasteiger partial charge in [0.15, 0.2) is 0 Å². The quantitative estimate of drug-likeness (QED) is 0.231. The highest BCUT2D eigenvalue weighted by molar-refractivity contribution is 5.83. The van der Waals surface area contributed by atoms with E-state index in [4.69, 9.17) is 9.47 Å². The van der Waals surface area contributed by atoms with Crippen molar-refractivity contribution in [2.24, 2.45) is 62.6 Å². The van der Waals surface area contributed by atoms with Crippen molar-refractivity contribution in [3.63, 3.8) is 0 Å². The molecule has 45 heavy (non-hydrogen) atoms. The minimum absolute atomic E-state index is 0.0232. The zero-order chi connectivity index (χ0) is 32.8. The third-order valence-corrected chi connectivity index (χ3v) is 15.3. The highest BCUT2D eigenvalue weighted by Gasteiger charge is 2.71. The molecule has 3 N–H and O–H groups in total. The third kappa shape index (κ3) is 5.81. The van der Waals surface area contributed by atoms with E-state index in [0.717, 1.165) is 32.1 Å². The lowest BCUT2D eigenvalue weighted by Crippen LogP contribution is -2.67. The number of carbonyl (C=O) groups is 2. The number of hydrogen-bond donors (Lipinski definition) is 3. The number of fused-ring (bicyclic) bond motifs is 7. The van der Waals surface area contributed by atoms with Gasteiger partial charge in [-0.15, -0.1) is 0 Å². The molecule has 258 valence electrons. The van der Waals surface area contributed by atoms with Crippen LogP contribution in [0.5, 0.6) is 0 Å². The van der Waals surface area contributed by atoms with Gasteiger partial charge >= 0.3 is 0 Å². The molecule has 0 heterocycles. The molecule has 0 saturated heterocycles. The van der Waals surface area contributed by atoms with E-state index < -0.39 is 0 Å². The molecule has 7 heteroatoms. The average Bonchev–Trinajstić information content (AvgIpc) is 3.38. The number of aliphatic hydroxyl groups excluding tert-OH is 1. The lowest BCUT2D eigenvalue weighted by molar-refractivity contribution is -0.248. The summed E-state index contributed by atoms with van der Waals surface area (Å²) in [6.45, 7) is 21.8. The lowest BCUT2D eigenvalue weighted by atomic mass is 9.32. The summed E-state index contributed by atoms with van der Waals surface area (Å²) in [5, 5.41) is 17.1. The number of aliphatic hydroxyl groups is 1. The van der Waals surface area contributed by atoms with Crippen molar-refractivity contribution in [2.45, 2.75) is 126 Å². The third-order valence-electron chi connectivity index (χ3n) is 15.3. The Morgan fingerprint density at radius 3 is 2.07 bits per heavy atom. The summed E-state index contributed by atoms with van der Waals surface area (Å²) in [5.74, 6) is 3.70. The first-order valence-electron chi connectivity index (χ1n) is 18.5. The number of carbonyl (C=O) groups excluding carboxylic acids is 2. The molecule has 0 spiro atoms. The lowest BCUT2D eigenvalue weighted by Gasteiger charge is -2.73. The van der Waals surface area contributed by atoms with Crippen LogP contribution in [0.2, 0.25) is 0 Å². The van der Waals surface area contributed by atoms with E-state index in [1.807, 2.05) is 0 Å². The fourth-order valence-electron chi connectivity index (χ4n) is 12.8. The molecule has 10 atom stereocenters. The number of ether oxygens (including phenoxy) is 2. The van der Waals surface area contributed by atoms with Crippen LogP contribution in [-0.4, -0.2) is 62.5 Å². The van der Waals surface area contributed by atoms with Crippen molar-refractivity contribution in [2.75, 3.05) is 39.5 Å². The Morgan fingerprint density at radius 1 is 0.756 bits per heavy atom. The fraction of sp³-hybridized carbons (Fsp3) is 0.947. The Labute approximate surface area is 274 Å². The zero-order valence-corrected chi connectivity index (χ0v) is 29.9. The maximum atomic E-state index is 14.3. The SMILES string of the molecule is CC(=O)NCCOCCOCCNC(=O)[C@]12CC[C@@H](C(C)C)[C@H]1C1CCC3[C@@]4(C)CC[C@@H](O)C(C)(C)C4CC[C@@]3(C)[C@]1(C)CC2. The van der Waals surface area contributed by atoms with E-state index in [1.54, 1.807) is 0 Å². The highest BCUT2D eigenvalue weighted by atomic mass is 16.5. The standard InChI is InChI=1S/C38H66N2O5/c1-25(2)27-11-16-38(33(43)40-20-22-45-24-23-44-21-19-39-26(3)41)18-17-36(7)28(32(27)38)9-10-30-35(6)14-13-31(42)34(4,5)29(35)12-15-37(30,36)8/h25,27-32,42H,9-24H2,1-8H3,(H,39,41)(H,40,43)/t27-,28?,29?,30?,31+,32-,35-,36+,37+,38-/m0/s1. The molecular formula is C38H66N2O5. The second kappa shape index (κ2) is 13.0. The van der Waals surface area contributed by atoms with Crippen LogP contribution in [0.1, 0.15) is 120 Å². The van der Waals surface area contributed by atoms with Gasteiger partial charge in [-0.05, 0) is 121 Å². The van der Waals surface area contributed by atoms with Gasteiger partial charge < -0.3 is 25.2 Å². The van der Waals surface area contributed by atoms with Crippen LogP contribution in [0.25, 0.3) is 0 Å². The molecule has 0 aromatic carbocycles. The summed E-state index contributed by atoms with van der Waals surface area (Å²) >= 11 is 0. The summed E-state index contributed by atoms with van der Waals surface area (Å²) in [6.07, 6.45) is 11.2. The maximum absolute atomic E-state index is 14.3. The molecule has 7 nitrogen and oxygen atoms in total. The van der Waals surface area contributed by atoms with Crippen molar-refractivity contribution < 1.29 is 24.2 Å². The van der Waals surface area contributed by atoms with Crippen LogP contribution in [0.3, 0.4) is 0 Å². The topological polar surface area (TPSA) is 96.9 Å². The van der Waals surface area contributed by atoms with E-state index in [9.17, 15) is 14.7 Å². The van der Waals surface area contributed by atoms with Crippen molar-refractivity contribution >= 4 is 11.8 Å². The van der Waals surface area contributed by atoms with Gasteiger partial charge in [0.05, 0.1) is 37.9 Å². The fourth-order valence-corrected chi connectivity index (χ4v) is 12.8. The molecule has 5 rings (SSSR count). The van der Waals surface area contributed by atoms with Gasteiger partial charge in [-0.25, -0.2) is 0 Å². The van der Waals surface area contributed by atoms with E-state index in [2.05, 4.69) is 59.1 Å². The van der Waals surface area contributed by atoms with Gasteiger partial charge in [-0.1, -0.05) is 48.5 Å². The first-order valence-corrected chi connectivity index (χ1v) is 18.5. The molecule has 2 amide bonds. The molecule has 0 aliphatic heterocycles. The molecular weight excluding hydrogens is 564 g/mol. The number of nitrogens with one attached hydrogen (secondary N) is 2. The molecule has 5 fully saturated rings. The van der Waals surface area contributed by atoms with Gasteiger partial charge in [-0.2, -0.15) is 0 Å². The molecule has 0 aromatic rings. The Balaban J connectivity index is 1.27. The Hall–Kier alpha value is -1.18. The van der Waals surface area contributed by atoms with Crippen LogP contribution in [0.15, 0.2) is 0 Å². The second-order valence-corrected chi connectivity index (χ2v) is 17.6. The molecule has 5 aliphatic rings. The zero-order valence-electron chi connectivity index (χ0n) is 29.9. The van der Waals surface area contributed by atoms with Crippen molar-refractivity contribution in [1.82, 2.24) is 10.6 Å². The summed E-state index contributed by atoms with van der Waals surface area (Å²) in [7, 11) is 0. The van der Waals surface area contributed by atoms with Crippen molar-refractivity contribution in [1.29, 1.82) is 0 Å². The van der Waals surface area contributed by atoms with Crippen LogP contribution in [0, 0.1) is 62.6 Å². The second-order valence-electron chi connectivity index (χ2n) is 17.6. The van der Waals surface area contributed by atoms with Crippen molar-refractivity contribution in [3.8, 4) is 0 Å². The first kappa shape index (κ1) is 35.1. The van der Waals surface area contributed by atoms with Crippen LogP contribution in [-0.2, 0) is 19.1 Å². The average molecular weight is 631 g/mol. The molecule has 0 bridgehead atoms. The predicted octanol–water partition coefficient (Wildman–Crippen LogP) is 6.37. The Morgan fingerprint density at radius 2 is 1.42 bits per heavy atom. The maximum Gasteiger partial charge on any atom is 0.226 e. The van der Waals surface area contributed by atoms with Gasteiger partial charge in [-0.3, -0.25) is 9.59 Å². The van der Waals surface area contributed by atoms with Crippen LogP contribution >= 0.6 is 0 Å². The molecule has 0 radical (unpaired) electrons. The Kier molecular flexibility index (Phi) is 10.2. The first-order chi connectivity index (χ1) is 21.1. The van der Waals surface area contributed by atoms with Gasteiger partial charge in [0.25, 0.3) is 0 Å². The summed E-state index contributed by atoms with van der Waals surface area (Å²) in [5.41, 5.74) is 0.500. The predicted molar refractivity (Wildman–Crippen MR) is 178 cm³/mol. The molecule has 5 saturated carbocycles. The number of hydrogen-bond acceptors (Lipinski definition) is 5. The van der Waals surface area contributed by atoms with E-state index in [-0.39, 0.29) is 45.0 Å². The minimum atomic E-state index is -0.257.